The summed E-state index contributed by atoms with van der Waals surface area (Å²) >= 11 is 0. The number of ether oxygens (including phenoxy) is 5. The Balaban J connectivity index is 1.74. The second-order valence-corrected chi connectivity index (χ2v) is 6.91. The number of amides is 1. The lowest BCUT2D eigenvalue weighted by Gasteiger charge is -2.21. The first-order valence-corrected chi connectivity index (χ1v) is 9.59. The molecule has 0 saturated carbocycles. The number of hydrogen-bond donors (Lipinski definition) is 0. The maximum Gasteiger partial charge on any atom is 0.246 e. The van der Waals surface area contributed by atoms with Gasteiger partial charge in [0, 0.05) is 19.7 Å². The van der Waals surface area contributed by atoms with Crippen LogP contribution in [0.15, 0.2) is 30.3 Å². The summed E-state index contributed by atoms with van der Waals surface area (Å²) in [7, 11) is 6.53. The van der Waals surface area contributed by atoms with Gasteiger partial charge >= 0.3 is 0 Å². The number of benzene rings is 2. The molecule has 0 aliphatic carbocycles. The van der Waals surface area contributed by atoms with Crippen LogP contribution in [0.3, 0.4) is 0 Å². The Labute approximate surface area is 176 Å². The molecule has 7 nitrogen and oxygen atoms in total. The molecule has 0 atom stereocenters. The van der Waals surface area contributed by atoms with Crippen molar-refractivity contribution >= 4 is 12.0 Å². The molecular formula is C23H27NO6. The van der Waals surface area contributed by atoms with E-state index >= 15 is 0 Å². The fraction of sp³-hybridized carbons (Fsp3) is 0.348. The molecule has 0 radical (unpaired) electrons. The minimum Gasteiger partial charge on any atom is -0.493 e. The summed E-state index contributed by atoms with van der Waals surface area (Å²) in [6.45, 7) is 3.39. The highest BCUT2D eigenvalue weighted by atomic mass is 16.6. The average molecular weight is 413 g/mol. The Morgan fingerprint density at radius 3 is 2.37 bits per heavy atom. The van der Waals surface area contributed by atoms with E-state index < -0.39 is 0 Å². The van der Waals surface area contributed by atoms with Crippen LogP contribution >= 0.6 is 0 Å². The fourth-order valence-electron chi connectivity index (χ4n) is 3.21. The summed E-state index contributed by atoms with van der Waals surface area (Å²) in [5.41, 5.74) is 2.80. The molecule has 1 heterocycles. The molecule has 0 aromatic heterocycles. The van der Waals surface area contributed by atoms with Crippen LogP contribution in [-0.2, 0) is 11.3 Å². The zero-order valence-electron chi connectivity index (χ0n) is 18.0. The lowest BCUT2D eigenvalue weighted by Crippen LogP contribution is -2.24. The summed E-state index contributed by atoms with van der Waals surface area (Å²) in [6.07, 6.45) is 3.27. The fourth-order valence-corrected chi connectivity index (χ4v) is 3.21. The molecule has 2 aromatic rings. The molecule has 0 saturated heterocycles. The van der Waals surface area contributed by atoms with Crippen molar-refractivity contribution in [2.45, 2.75) is 13.5 Å². The highest BCUT2D eigenvalue weighted by Gasteiger charge is 2.18. The number of methoxy groups -OCH3 is 3. The van der Waals surface area contributed by atoms with Crippen molar-refractivity contribution in [2.24, 2.45) is 0 Å². The van der Waals surface area contributed by atoms with E-state index in [2.05, 4.69) is 0 Å². The second kappa shape index (κ2) is 9.43. The molecule has 0 bridgehead atoms. The van der Waals surface area contributed by atoms with Crippen molar-refractivity contribution < 1.29 is 28.5 Å². The number of carbonyl (C=O) groups is 1. The Morgan fingerprint density at radius 2 is 1.67 bits per heavy atom. The molecule has 0 fully saturated rings. The quantitative estimate of drug-likeness (QED) is 0.648. The Morgan fingerprint density at radius 1 is 1.00 bits per heavy atom. The number of likely N-dealkylation sites (N-methyl/N-ethyl adjacent to an activating group) is 1. The van der Waals surface area contributed by atoms with Crippen molar-refractivity contribution in [2.75, 3.05) is 41.6 Å². The molecule has 7 heteroatoms. The van der Waals surface area contributed by atoms with Crippen LogP contribution in [0.4, 0.5) is 0 Å². The van der Waals surface area contributed by atoms with Crippen molar-refractivity contribution in [3.8, 4) is 28.7 Å². The molecule has 0 unspecified atom stereocenters. The van der Waals surface area contributed by atoms with Crippen LogP contribution in [0, 0.1) is 6.92 Å². The third-order valence-corrected chi connectivity index (χ3v) is 4.89. The number of rotatable bonds is 7. The average Bonchev–Trinajstić information content (AvgIpc) is 2.77. The second-order valence-electron chi connectivity index (χ2n) is 6.91. The van der Waals surface area contributed by atoms with E-state index in [1.165, 1.54) is 6.08 Å². The standard InChI is InChI=1S/C23H27NO6/c1-15-10-18(26-3)19(27-4)13-17(15)14-24(2)22(25)7-6-16-11-20(28-5)23-21(12-16)29-8-9-30-23/h6-7,10-13H,8-9,14H2,1-5H3/b7-6+. The Hall–Kier alpha value is -3.35. The van der Waals surface area contributed by atoms with Crippen LogP contribution in [-0.4, -0.2) is 52.4 Å². The van der Waals surface area contributed by atoms with Gasteiger partial charge in [0.1, 0.15) is 13.2 Å². The first-order valence-electron chi connectivity index (χ1n) is 9.59. The number of aryl methyl sites for hydroxylation is 1. The maximum atomic E-state index is 12.6. The van der Waals surface area contributed by atoms with Crippen molar-refractivity contribution in [1.82, 2.24) is 4.90 Å². The highest BCUT2D eigenvalue weighted by Crippen LogP contribution is 2.40. The van der Waals surface area contributed by atoms with Gasteiger partial charge in [0.2, 0.25) is 11.7 Å². The van der Waals surface area contributed by atoms with Crippen molar-refractivity contribution in [1.29, 1.82) is 0 Å². The first-order chi connectivity index (χ1) is 14.5. The summed E-state index contributed by atoms with van der Waals surface area (Å²) in [4.78, 5) is 14.3. The molecule has 0 N–H and O–H groups in total. The van der Waals surface area contributed by atoms with E-state index in [1.54, 1.807) is 39.4 Å². The van der Waals surface area contributed by atoms with Gasteiger partial charge < -0.3 is 28.6 Å². The van der Waals surface area contributed by atoms with Gasteiger partial charge in [0.05, 0.1) is 21.3 Å². The number of hydrogen-bond acceptors (Lipinski definition) is 6. The predicted molar refractivity (Wildman–Crippen MR) is 114 cm³/mol. The van der Waals surface area contributed by atoms with Crippen molar-refractivity contribution in [3.63, 3.8) is 0 Å². The summed E-state index contributed by atoms with van der Waals surface area (Å²) in [5, 5.41) is 0. The topological polar surface area (TPSA) is 66.5 Å². The van der Waals surface area contributed by atoms with Crippen LogP contribution in [0.25, 0.3) is 6.08 Å². The van der Waals surface area contributed by atoms with Crippen LogP contribution < -0.4 is 23.7 Å². The zero-order chi connectivity index (χ0) is 21.7. The normalized spacial score (nSPS) is 12.6. The lowest BCUT2D eigenvalue weighted by atomic mass is 10.1. The van der Waals surface area contributed by atoms with E-state index in [4.69, 9.17) is 23.7 Å². The third-order valence-electron chi connectivity index (χ3n) is 4.89. The maximum absolute atomic E-state index is 12.6. The number of nitrogens with zero attached hydrogens (tertiary/aromatic N) is 1. The van der Waals surface area contributed by atoms with Crippen LogP contribution in [0.2, 0.25) is 0 Å². The lowest BCUT2D eigenvalue weighted by molar-refractivity contribution is -0.125. The summed E-state index contributed by atoms with van der Waals surface area (Å²) in [5.74, 6) is 2.96. The van der Waals surface area contributed by atoms with Gasteiger partial charge in [0.15, 0.2) is 23.0 Å². The summed E-state index contributed by atoms with van der Waals surface area (Å²) < 4.78 is 27.3. The smallest absolute Gasteiger partial charge is 0.246 e. The molecular weight excluding hydrogens is 386 g/mol. The van der Waals surface area contributed by atoms with E-state index in [0.29, 0.717) is 48.5 Å². The first kappa shape index (κ1) is 21.4. The number of fused-ring (bicyclic) bond motifs is 1. The molecule has 30 heavy (non-hydrogen) atoms. The molecule has 160 valence electrons. The molecule has 3 rings (SSSR count). The largest absolute Gasteiger partial charge is 0.493 e. The SMILES string of the molecule is COc1cc(C)c(CN(C)C(=O)/C=C/c2cc(OC)c3c(c2)OCCO3)cc1OC. The minimum absolute atomic E-state index is 0.127. The summed E-state index contributed by atoms with van der Waals surface area (Å²) in [6, 6.07) is 7.45. The Kier molecular flexibility index (Phi) is 6.72. The molecule has 1 amide bonds. The van der Waals surface area contributed by atoms with Crippen LogP contribution in [0.5, 0.6) is 28.7 Å². The van der Waals surface area contributed by atoms with E-state index in [0.717, 1.165) is 16.7 Å². The third kappa shape index (κ3) is 4.62. The molecule has 1 aliphatic heterocycles. The highest BCUT2D eigenvalue weighted by molar-refractivity contribution is 5.91. The van der Waals surface area contributed by atoms with Gasteiger partial charge in [-0.05, 0) is 54.0 Å². The number of carbonyl (C=O) groups excluding carboxylic acids is 1. The molecule has 1 aliphatic rings. The van der Waals surface area contributed by atoms with Gasteiger partial charge in [-0.3, -0.25) is 4.79 Å². The van der Waals surface area contributed by atoms with Crippen molar-refractivity contribution in [3.05, 3.63) is 47.0 Å². The van der Waals surface area contributed by atoms with Gasteiger partial charge in [-0.25, -0.2) is 0 Å². The van der Waals surface area contributed by atoms with Gasteiger partial charge in [-0.15, -0.1) is 0 Å². The van der Waals surface area contributed by atoms with Gasteiger partial charge in [0.25, 0.3) is 0 Å². The van der Waals surface area contributed by atoms with Crippen LogP contribution in [0.1, 0.15) is 16.7 Å². The van der Waals surface area contributed by atoms with Gasteiger partial charge in [-0.2, -0.15) is 0 Å². The molecule has 0 spiro atoms. The molecule has 2 aromatic carbocycles. The van der Waals surface area contributed by atoms with E-state index in [-0.39, 0.29) is 5.91 Å². The Bertz CT molecular complexity index is 936. The van der Waals surface area contributed by atoms with E-state index in [1.807, 2.05) is 31.2 Å². The predicted octanol–water partition coefficient (Wildman–Crippen LogP) is 3.46. The monoisotopic (exact) mass is 413 g/mol. The zero-order valence-corrected chi connectivity index (χ0v) is 18.0. The van der Waals surface area contributed by atoms with Gasteiger partial charge in [-0.1, -0.05) is 0 Å². The van der Waals surface area contributed by atoms with E-state index in [9.17, 15) is 4.79 Å². The minimum atomic E-state index is -0.127.